The highest BCUT2D eigenvalue weighted by atomic mass is 35.5. The fourth-order valence-electron chi connectivity index (χ4n) is 0.0670. The Bertz CT molecular complexity index is 85.2. The molecule has 4 nitrogen and oxygen atoms in total. The van der Waals surface area contributed by atoms with Gasteiger partial charge in [0.1, 0.15) is 0 Å². The molecule has 0 rings (SSSR count). The molecular weight excluding hydrogens is 178 g/mol. The summed E-state index contributed by atoms with van der Waals surface area (Å²) in [5, 5.41) is 0. The average Bonchev–Trinajstić information content (AvgIpc) is 1.87. The van der Waals surface area contributed by atoms with Gasteiger partial charge in [0.15, 0.2) is 0 Å². The summed E-state index contributed by atoms with van der Waals surface area (Å²) >= 11 is 9.22. The molecule has 0 spiro atoms. The topological polar surface area (TPSA) is 44.8 Å². The molecule has 0 aromatic rings. The summed E-state index contributed by atoms with van der Waals surface area (Å²) in [5.74, 6) is 0. The van der Waals surface area contributed by atoms with Gasteiger partial charge in [-0.15, -0.1) is 0 Å². The van der Waals surface area contributed by atoms with Gasteiger partial charge >= 0.3 is 7.82 Å². The van der Waals surface area contributed by atoms with Crippen LogP contribution >= 0.6 is 31.6 Å². The van der Waals surface area contributed by atoms with Crippen LogP contribution in [0.5, 0.6) is 0 Å². The fourth-order valence-corrected chi connectivity index (χ4v) is 0.795. The van der Waals surface area contributed by atoms with Crippen LogP contribution in [0.4, 0.5) is 0 Å². The quantitative estimate of drug-likeness (QED) is 0.625. The summed E-state index contributed by atoms with van der Waals surface area (Å²) < 4.78 is 21.8. The van der Waals surface area contributed by atoms with E-state index in [4.69, 9.17) is 0 Å². The highest BCUT2D eigenvalue weighted by molar-refractivity contribution is 7.50. The molecule has 0 heterocycles. The third kappa shape index (κ3) is 2.31. The number of phosphoric acid groups is 1. The number of hydrogen-bond donors (Lipinski definition) is 0. The maximum Gasteiger partial charge on any atom is 0.507 e. The van der Waals surface area contributed by atoms with E-state index < -0.39 is 7.82 Å². The average molecular weight is 181 g/mol. The van der Waals surface area contributed by atoms with E-state index in [2.05, 4.69) is 36.4 Å². The van der Waals surface area contributed by atoms with Gasteiger partial charge in [0, 0.05) is 7.11 Å². The molecule has 0 N–H and O–H groups in total. The molecule has 0 radical (unpaired) electrons. The second-order valence-corrected chi connectivity index (χ2v) is 3.13. The Morgan fingerprint density at radius 3 is 1.75 bits per heavy atom. The Labute approximate surface area is 56.6 Å². The number of hydrogen-bond acceptors (Lipinski definition) is 4. The summed E-state index contributed by atoms with van der Waals surface area (Å²) in [4.78, 5) is 0. The molecule has 8 heavy (non-hydrogen) atoms. The fraction of sp³-hybridized carbons (Fsp3) is 1.00. The van der Waals surface area contributed by atoms with Crippen LogP contribution in [0.2, 0.25) is 0 Å². The molecule has 0 amide bonds. The van der Waals surface area contributed by atoms with Crippen molar-refractivity contribution in [2.24, 2.45) is 0 Å². The van der Waals surface area contributed by atoms with Crippen LogP contribution in [0, 0.1) is 0 Å². The molecule has 0 atom stereocenters. The Kier molecular flexibility index (Phi) is 3.98. The lowest BCUT2D eigenvalue weighted by atomic mass is 11.8. The Hall–Kier alpha value is 0.690. The minimum Gasteiger partial charge on any atom is -0.288 e. The molecule has 0 fully saturated rings. The second-order valence-electron chi connectivity index (χ2n) is 0.768. The van der Waals surface area contributed by atoms with Crippen molar-refractivity contribution in [2.45, 2.75) is 0 Å². The van der Waals surface area contributed by atoms with Gasteiger partial charge in [-0.3, -0.25) is 4.52 Å². The first kappa shape index (κ1) is 8.69. The van der Waals surface area contributed by atoms with Crippen LogP contribution < -0.4 is 0 Å². The number of rotatable bonds is 3. The first-order valence-electron chi connectivity index (χ1n) is 1.45. The van der Waals surface area contributed by atoms with E-state index >= 15 is 0 Å². The summed E-state index contributed by atoms with van der Waals surface area (Å²) in [7, 11) is -2.54. The van der Waals surface area contributed by atoms with Crippen LogP contribution in [0.15, 0.2) is 0 Å². The molecule has 0 aromatic heterocycles. The molecule has 0 aliphatic heterocycles. The van der Waals surface area contributed by atoms with Gasteiger partial charge in [0.2, 0.25) is 0 Å². The van der Waals surface area contributed by atoms with Crippen molar-refractivity contribution in [1.29, 1.82) is 0 Å². The van der Waals surface area contributed by atoms with E-state index in [1.54, 1.807) is 0 Å². The number of halogens is 2. The van der Waals surface area contributed by atoms with Crippen LogP contribution in [0.1, 0.15) is 0 Å². The van der Waals surface area contributed by atoms with Gasteiger partial charge < -0.3 is 0 Å². The first-order valence-corrected chi connectivity index (χ1v) is 3.52. The lowest BCUT2D eigenvalue weighted by Gasteiger charge is -2.02. The van der Waals surface area contributed by atoms with Crippen molar-refractivity contribution < 1.29 is 17.2 Å². The van der Waals surface area contributed by atoms with Gasteiger partial charge in [-0.25, -0.2) is 4.57 Å². The molecule has 0 bridgehead atoms. The minimum absolute atomic E-state index is 1.09. The SMILES string of the molecule is COP(=O)(OCl)OCl. The van der Waals surface area contributed by atoms with E-state index in [0.717, 1.165) is 7.11 Å². The van der Waals surface area contributed by atoms with E-state index in [9.17, 15) is 4.57 Å². The maximum absolute atomic E-state index is 10.4. The van der Waals surface area contributed by atoms with Crippen molar-refractivity contribution in [2.75, 3.05) is 7.11 Å². The van der Waals surface area contributed by atoms with Gasteiger partial charge in [0.05, 0.1) is 23.7 Å². The summed E-state index contributed by atoms with van der Waals surface area (Å²) in [6.45, 7) is 0. The predicted molar refractivity (Wildman–Crippen MR) is 28.5 cm³/mol. The first-order chi connectivity index (χ1) is 3.68. The minimum atomic E-state index is -3.63. The van der Waals surface area contributed by atoms with E-state index in [1.165, 1.54) is 0 Å². The van der Waals surface area contributed by atoms with Gasteiger partial charge in [0.25, 0.3) is 0 Å². The Morgan fingerprint density at radius 1 is 1.38 bits per heavy atom. The zero-order valence-electron chi connectivity index (χ0n) is 3.84. The molecular formula is CH3Cl2O4P. The second kappa shape index (κ2) is 3.67. The zero-order chi connectivity index (χ0) is 6.62. The van der Waals surface area contributed by atoms with Crippen LogP contribution in [0.3, 0.4) is 0 Å². The molecule has 7 heteroatoms. The molecule has 0 aliphatic rings. The third-order valence-electron chi connectivity index (χ3n) is 0.393. The largest absolute Gasteiger partial charge is 0.507 e. The van der Waals surface area contributed by atoms with Gasteiger partial charge in [-0.2, -0.15) is 8.15 Å². The molecule has 0 unspecified atom stereocenters. The van der Waals surface area contributed by atoms with E-state index in [0.29, 0.717) is 0 Å². The monoisotopic (exact) mass is 180 g/mol. The maximum atomic E-state index is 10.4. The summed E-state index contributed by atoms with van der Waals surface area (Å²) in [6.07, 6.45) is 0. The van der Waals surface area contributed by atoms with Crippen LogP contribution in [-0.2, 0) is 17.2 Å². The lowest BCUT2D eigenvalue weighted by molar-refractivity contribution is 0.264. The predicted octanol–water partition coefficient (Wildman–Crippen LogP) is 2.08. The lowest BCUT2D eigenvalue weighted by Crippen LogP contribution is -1.81. The highest BCUT2D eigenvalue weighted by Gasteiger charge is 2.23. The molecule has 50 valence electrons. The highest BCUT2D eigenvalue weighted by Crippen LogP contribution is 2.50. The molecule has 0 saturated heterocycles. The van der Waals surface area contributed by atoms with Crippen molar-refractivity contribution in [1.82, 2.24) is 0 Å². The Balaban J connectivity index is 3.79. The molecule has 0 saturated carbocycles. The normalized spacial score (nSPS) is 11.9. The Morgan fingerprint density at radius 2 is 1.75 bits per heavy atom. The van der Waals surface area contributed by atoms with Crippen molar-refractivity contribution in [3.05, 3.63) is 0 Å². The summed E-state index contributed by atoms with van der Waals surface area (Å²) in [6, 6.07) is 0. The van der Waals surface area contributed by atoms with Gasteiger partial charge in [-0.05, 0) is 0 Å². The third-order valence-corrected chi connectivity index (χ3v) is 2.19. The summed E-state index contributed by atoms with van der Waals surface area (Å²) in [5.41, 5.74) is 0. The molecule has 0 aliphatic carbocycles. The smallest absolute Gasteiger partial charge is 0.288 e. The van der Waals surface area contributed by atoms with Crippen molar-refractivity contribution >= 4 is 31.6 Å². The van der Waals surface area contributed by atoms with Crippen LogP contribution in [0.25, 0.3) is 0 Å². The molecule has 0 aromatic carbocycles. The van der Waals surface area contributed by atoms with Gasteiger partial charge in [-0.1, -0.05) is 0 Å². The van der Waals surface area contributed by atoms with Crippen molar-refractivity contribution in [3.8, 4) is 0 Å². The van der Waals surface area contributed by atoms with E-state index in [-0.39, 0.29) is 0 Å². The zero-order valence-corrected chi connectivity index (χ0v) is 6.24. The van der Waals surface area contributed by atoms with E-state index in [1.807, 2.05) is 0 Å². The standard InChI is InChI=1S/CH3Cl2O4P/c1-5-8(4,6-2)7-3/h1H3. The van der Waals surface area contributed by atoms with Crippen LogP contribution in [-0.4, -0.2) is 7.11 Å². The van der Waals surface area contributed by atoms with Crippen molar-refractivity contribution in [3.63, 3.8) is 0 Å².